The Kier molecular flexibility index (Phi) is 15.6. The molecule has 10 nitrogen and oxygen atoms in total. The summed E-state index contributed by atoms with van der Waals surface area (Å²) in [5, 5.41) is 13.6. The molecule has 0 rings (SSSR count). The van der Waals surface area contributed by atoms with E-state index in [-0.39, 0.29) is 26.2 Å². The Morgan fingerprint density at radius 2 is 1.31 bits per heavy atom. The third kappa shape index (κ3) is 17.8. The molecular weight excluding hydrogens is 348 g/mol. The van der Waals surface area contributed by atoms with Crippen LogP contribution in [0, 0.1) is 0 Å². The fraction of sp³-hybridized carbons (Fsp3) is 0.750. The molecule has 0 unspecified atom stereocenters. The topological polar surface area (TPSA) is 140 Å². The van der Waals surface area contributed by atoms with Crippen molar-refractivity contribution in [1.82, 2.24) is 10.6 Å². The molecule has 0 saturated heterocycles. The predicted molar refractivity (Wildman–Crippen MR) is 90.7 cm³/mol. The second-order valence-corrected chi connectivity index (χ2v) is 5.36. The Morgan fingerprint density at radius 3 is 1.81 bits per heavy atom. The molecule has 0 radical (unpaired) electrons. The molecule has 0 fully saturated rings. The molecule has 150 valence electrons. The summed E-state index contributed by atoms with van der Waals surface area (Å²) in [6, 6.07) is 0. The molecule has 0 aromatic rings. The van der Waals surface area contributed by atoms with Crippen LogP contribution in [-0.2, 0) is 23.8 Å². The first kappa shape index (κ1) is 23.5. The van der Waals surface area contributed by atoms with Gasteiger partial charge in [-0.15, -0.1) is 0 Å². The number of ether oxygens (including phenoxy) is 3. The number of carboxylic acid groups (broad SMARTS) is 1. The van der Waals surface area contributed by atoms with Crippen LogP contribution in [0.15, 0.2) is 0 Å². The quantitative estimate of drug-likeness (QED) is 0.209. The first-order valence-electron chi connectivity index (χ1n) is 8.64. The standard InChI is InChI=1S/C16H28N2O8/c19-13-24-10-6-12-26-16(23)18-9-4-2-1-3-8-17-15(22)25-11-5-7-14(20)21/h13H,1-12H2,(H,17,22)(H,18,23)(H,20,21). The monoisotopic (exact) mass is 376 g/mol. The van der Waals surface area contributed by atoms with E-state index in [1.165, 1.54) is 0 Å². The maximum absolute atomic E-state index is 11.3. The third-order valence-corrected chi connectivity index (χ3v) is 3.12. The summed E-state index contributed by atoms with van der Waals surface area (Å²) in [6.45, 7) is 1.84. The van der Waals surface area contributed by atoms with Gasteiger partial charge in [-0.05, 0) is 19.3 Å². The van der Waals surface area contributed by atoms with Gasteiger partial charge in [0.1, 0.15) is 0 Å². The Morgan fingerprint density at radius 1 is 0.769 bits per heavy atom. The Hall–Kier alpha value is -2.52. The van der Waals surface area contributed by atoms with Crippen LogP contribution in [0.1, 0.15) is 44.9 Å². The molecule has 0 heterocycles. The molecule has 0 aromatic heterocycles. The number of carboxylic acids is 1. The summed E-state index contributed by atoms with van der Waals surface area (Å²) in [5.74, 6) is -0.916. The van der Waals surface area contributed by atoms with Gasteiger partial charge in [0.25, 0.3) is 6.47 Å². The molecule has 0 aliphatic heterocycles. The van der Waals surface area contributed by atoms with Crippen molar-refractivity contribution in [3.63, 3.8) is 0 Å². The number of hydrogen-bond donors (Lipinski definition) is 3. The summed E-state index contributed by atoms with van der Waals surface area (Å²) in [7, 11) is 0. The van der Waals surface area contributed by atoms with Crippen LogP contribution in [0.4, 0.5) is 9.59 Å². The van der Waals surface area contributed by atoms with Gasteiger partial charge in [0.2, 0.25) is 0 Å². The second kappa shape index (κ2) is 17.3. The van der Waals surface area contributed by atoms with Gasteiger partial charge in [0.05, 0.1) is 19.8 Å². The number of hydrogen-bond acceptors (Lipinski definition) is 7. The van der Waals surface area contributed by atoms with E-state index in [4.69, 9.17) is 14.6 Å². The van der Waals surface area contributed by atoms with Crippen LogP contribution in [-0.4, -0.2) is 62.6 Å². The van der Waals surface area contributed by atoms with Crippen LogP contribution in [0.5, 0.6) is 0 Å². The molecule has 0 aliphatic carbocycles. The smallest absolute Gasteiger partial charge is 0.407 e. The maximum atomic E-state index is 11.3. The molecule has 0 bridgehead atoms. The molecule has 0 atom stereocenters. The fourth-order valence-electron chi connectivity index (χ4n) is 1.83. The predicted octanol–water partition coefficient (Wildman–Crippen LogP) is 1.43. The van der Waals surface area contributed by atoms with Crippen molar-refractivity contribution in [3.8, 4) is 0 Å². The highest BCUT2D eigenvalue weighted by Gasteiger charge is 2.03. The average molecular weight is 376 g/mol. The first-order valence-corrected chi connectivity index (χ1v) is 8.64. The van der Waals surface area contributed by atoms with Crippen molar-refractivity contribution >= 4 is 24.6 Å². The van der Waals surface area contributed by atoms with Crippen LogP contribution in [0.3, 0.4) is 0 Å². The molecule has 3 N–H and O–H groups in total. The van der Waals surface area contributed by atoms with Gasteiger partial charge in [-0.2, -0.15) is 0 Å². The van der Waals surface area contributed by atoms with Crippen molar-refractivity contribution in [2.75, 3.05) is 32.9 Å². The normalized spacial score (nSPS) is 9.85. The lowest BCUT2D eigenvalue weighted by atomic mass is 10.2. The molecule has 2 amide bonds. The lowest BCUT2D eigenvalue weighted by Crippen LogP contribution is -2.26. The summed E-state index contributed by atoms with van der Waals surface area (Å²) >= 11 is 0. The van der Waals surface area contributed by atoms with Gasteiger partial charge in [-0.3, -0.25) is 9.59 Å². The molecule has 26 heavy (non-hydrogen) atoms. The zero-order valence-electron chi connectivity index (χ0n) is 14.9. The van der Waals surface area contributed by atoms with E-state index in [1.807, 2.05) is 0 Å². The number of unbranched alkanes of at least 4 members (excludes halogenated alkanes) is 3. The lowest BCUT2D eigenvalue weighted by Gasteiger charge is -2.07. The minimum Gasteiger partial charge on any atom is -0.481 e. The van der Waals surface area contributed by atoms with E-state index in [1.54, 1.807) is 0 Å². The number of aliphatic carboxylic acids is 1. The van der Waals surface area contributed by atoms with Gasteiger partial charge in [0.15, 0.2) is 0 Å². The number of rotatable bonds is 16. The minimum absolute atomic E-state index is 0.0244. The van der Waals surface area contributed by atoms with Gasteiger partial charge >= 0.3 is 18.2 Å². The zero-order valence-corrected chi connectivity index (χ0v) is 14.9. The van der Waals surface area contributed by atoms with Crippen molar-refractivity contribution < 1.29 is 38.5 Å². The van der Waals surface area contributed by atoms with E-state index in [9.17, 15) is 19.2 Å². The van der Waals surface area contributed by atoms with Crippen LogP contribution in [0.2, 0.25) is 0 Å². The number of alkyl carbamates (subject to hydrolysis) is 2. The largest absolute Gasteiger partial charge is 0.481 e. The Bertz CT molecular complexity index is 417. The van der Waals surface area contributed by atoms with Crippen LogP contribution < -0.4 is 10.6 Å². The average Bonchev–Trinajstić information content (AvgIpc) is 2.60. The lowest BCUT2D eigenvalue weighted by molar-refractivity contribution is -0.137. The Labute approximate surface area is 152 Å². The highest BCUT2D eigenvalue weighted by atomic mass is 16.6. The highest BCUT2D eigenvalue weighted by Crippen LogP contribution is 1.98. The maximum Gasteiger partial charge on any atom is 0.407 e. The van der Waals surface area contributed by atoms with Crippen molar-refractivity contribution in [3.05, 3.63) is 0 Å². The van der Waals surface area contributed by atoms with E-state index in [0.717, 1.165) is 25.7 Å². The minimum atomic E-state index is -0.916. The number of nitrogens with one attached hydrogen (secondary N) is 2. The van der Waals surface area contributed by atoms with Crippen molar-refractivity contribution in [2.24, 2.45) is 0 Å². The van der Waals surface area contributed by atoms with Crippen LogP contribution >= 0.6 is 0 Å². The number of amides is 2. The summed E-state index contributed by atoms with van der Waals surface area (Å²) in [6.07, 6.45) is 3.05. The first-order chi connectivity index (χ1) is 12.6. The third-order valence-electron chi connectivity index (χ3n) is 3.12. The van der Waals surface area contributed by atoms with E-state index < -0.39 is 18.2 Å². The van der Waals surface area contributed by atoms with Crippen LogP contribution in [0.25, 0.3) is 0 Å². The molecular formula is C16H28N2O8. The molecule has 0 aromatic carbocycles. The molecule has 10 heteroatoms. The number of carbonyl (C=O) groups is 4. The molecule has 0 saturated carbocycles. The van der Waals surface area contributed by atoms with Gasteiger partial charge in [-0.1, -0.05) is 12.8 Å². The SMILES string of the molecule is O=COCCCOC(=O)NCCCCCCNC(=O)OCCCC(=O)O. The molecule has 0 aliphatic rings. The number of carbonyl (C=O) groups excluding carboxylic acids is 3. The van der Waals surface area contributed by atoms with Crippen molar-refractivity contribution in [2.45, 2.75) is 44.9 Å². The van der Waals surface area contributed by atoms with Gasteiger partial charge < -0.3 is 30.0 Å². The highest BCUT2D eigenvalue weighted by molar-refractivity contribution is 5.68. The fourth-order valence-corrected chi connectivity index (χ4v) is 1.83. The van der Waals surface area contributed by atoms with Gasteiger partial charge in [-0.25, -0.2) is 9.59 Å². The summed E-state index contributed by atoms with van der Waals surface area (Å²) in [4.78, 5) is 42.7. The van der Waals surface area contributed by atoms with Crippen molar-refractivity contribution in [1.29, 1.82) is 0 Å². The second-order valence-electron chi connectivity index (χ2n) is 5.36. The van der Waals surface area contributed by atoms with E-state index in [2.05, 4.69) is 15.4 Å². The molecule has 0 spiro atoms. The Balaban J connectivity index is 3.29. The summed E-state index contributed by atoms with van der Waals surface area (Å²) in [5.41, 5.74) is 0. The van der Waals surface area contributed by atoms with Gasteiger partial charge in [0, 0.05) is 25.9 Å². The van der Waals surface area contributed by atoms with E-state index >= 15 is 0 Å². The summed E-state index contributed by atoms with van der Waals surface area (Å²) < 4.78 is 14.2. The van der Waals surface area contributed by atoms with E-state index in [0.29, 0.717) is 32.4 Å². The zero-order chi connectivity index (χ0) is 19.5.